The number of hydrogen-bond acceptors (Lipinski definition) is 5. The van der Waals surface area contributed by atoms with Crippen molar-refractivity contribution in [3.63, 3.8) is 0 Å². The first-order chi connectivity index (χ1) is 13.0. The maximum absolute atomic E-state index is 12.9. The first kappa shape index (κ1) is 19.2. The fourth-order valence-corrected chi connectivity index (χ4v) is 3.66. The van der Waals surface area contributed by atoms with Crippen LogP contribution in [-0.2, 0) is 11.2 Å². The number of piperidine rings is 1. The van der Waals surface area contributed by atoms with Gasteiger partial charge in [-0.3, -0.25) is 14.6 Å². The summed E-state index contributed by atoms with van der Waals surface area (Å²) in [6.07, 6.45) is 6.58. The highest BCUT2D eigenvalue weighted by molar-refractivity contribution is 5.79. The van der Waals surface area contributed by atoms with Gasteiger partial charge in [-0.2, -0.15) is 0 Å². The predicted octanol–water partition coefficient (Wildman–Crippen LogP) is 1.63. The summed E-state index contributed by atoms with van der Waals surface area (Å²) in [6, 6.07) is 3.80. The second-order valence-electron chi connectivity index (χ2n) is 7.39. The highest BCUT2D eigenvalue weighted by Crippen LogP contribution is 2.19. The van der Waals surface area contributed by atoms with Crippen LogP contribution in [0.3, 0.4) is 0 Å². The van der Waals surface area contributed by atoms with Gasteiger partial charge in [-0.05, 0) is 52.4 Å². The molecule has 3 rings (SSSR count). The number of H-pyrrole nitrogens is 1. The molecule has 1 amide bonds. The van der Waals surface area contributed by atoms with Gasteiger partial charge >= 0.3 is 0 Å². The minimum absolute atomic E-state index is 0.00797. The molecule has 0 bridgehead atoms. The Kier molecular flexibility index (Phi) is 6.01. The molecule has 144 valence electrons. The van der Waals surface area contributed by atoms with Crippen molar-refractivity contribution in [2.24, 2.45) is 0 Å². The van der Waals surface area contributed by atoms with Crippen LogP contribution in [0.5, 0.6) is 0 Å². The van der Waals surface area contributed by atoms with Crippen LogP contribution in [0.1, 0.15) is 30.5 Å². The molecular formula is C20H27N5O2. The van der Waals surface area contributed by atoms with Crippen molar-refractivity contribution in [1.29, 1.82) is 0 Å². The molecule has 1 saturated heterocycles. The van der Waals surface area contributed by atoms with Gasteiger partial charge in [0.1, 0.15) is 5.82 Å². The van der Waals surface area contributed by atoms with E-state index in [1.165, 1.54) is 0 Å². The quantitative estimate of drug-likeness (QED) is 0.866. The molecule has 0 aliphatic carbocycles. The van der Waals surface area contributed by atoms with Crippen molar-refractivity contribution >= 4 is 5.91 Å². The highest BCUT2D eigenvalue weighted by Gasteiger charge is 2.28. The molecule has 2 aromatic rings. The van der Waals surface area contributed by atoms with Gasteiger partial charge in [0.05, 0.1) is 6.42 Å². The minimum Gasteiger partial charge on any atom is -0.338 e. The first-order valence-corrected chi connectivity index (χ1v) is 9.40. The number of rotatable bonds is 5. The number of nitrogens with zero attached hydrogens (tertiary/aromatic N) is 4. The van der Waals surface area contributed by atoms with E-state index in [0.717, 1.165) is 37.9 Å². The van der Waals surface area contributed by atoms with Gasteiger partial charge in [-0.15, -0.1) is 0 Å². The van der Waals surface area contributed by atoms with Crippen LogP contribution in [-0.4, -0.2) is 63.9 Å². The Labute approximate surface area is 159 Å². The predicted molar refractivity (Wildman–Crippen MR) is 104 cm³/mol. The molecule has 0 radical (unpaired) electrons. The van der Waals surface area contributed by atoms with E-state index in [-0.39, 0.29) is 23.9 Å². The lowest BCUT2D eigenvalue weighted by Gasteiger charge is -2.37. The lowest BCUT2D eigenvalue weighted by Crippen LogP contribution is -2.49. The number of likely N-dealkylation sites (N-methyl/N-ethyl adjacent to an activating group) is 1. The Morgan fingerprint density at radius 2 is 2.04 bits per heavy atom. The maximum atomic E-state index is 12.9. The topological polar surface area (TPSA) is 82.2 Å². The second kappa shape index (κ2) is 8.43. The number of pyridine rings is 1. The molecule has 7 nitrogen and oxygen atoms in total. The molecule has 0 spiro atoms. The summed E-state index contributed by atoms with van der Waals surface area (Å²) in [7, 11) is 4.04. The number of aryl methyl sites for hydroxylation is 1. The molecule has 0 saturated carbocycles. The molecular weight excluding hydrogens is 342 g/mol. The molecule has 1 aliphatic heterocycles. The Balaban J connectivity index is 1.80. The number of likely N-dealkylation sites (tertiary alicyclic amines) is 1. The second-order valence-corrected chi connectivity index (χ2v) is 7.39. The van der Waals surface area contributed by atoms with Crippen LogP contribution < -0.4 is 5.56 Å². The monoisotopic (exact) mass is 369 g/mol. The third-order valence-corrected chi connectivity index (χ3v) is 5.03. The molecule has 1 N–H and O–H groups in total. The lowest BCUT2D eigenvalue weighted by molar-refractivity contribution is -0.134. The molecule has 3 heterocycles. The van der Waals surface area contributed by atoms with Gasteiger partial charge in [0.15, 0.2) is 0 Å². The standard InChI is InChI=1S/C20H27N5O2/c1-14-17(20(27)23-19(22-14)15-7-9-21-10-8-15)12-18(26)25-11-5-4-6-16(25)13-24(2)3/h7-10,16H,4-6,11-13H2,1-3H3,(H,22,23,27). The Morgan fingerprint density at radius 1 is 1.30 bits per heavy atom. The smallest absolute Gasteiger partial charge is 0.255 e. The van der Waals surface area contributed by atoms with Crippen molar-refractivity contribution in [3.8, 4) is 11.4 Å². The zero-order valence-corrected chi connectivity index (χ0v) is 16.2. The summed E-state index contributed by atoms with van der Waals surface area (Å²) < 4.78 is 0. The van der Waals surface area contributed by atoms with E-state index >= 15 is 0 Å². The summed E-state index contributed by atoms with van der Waals surface area (Å²) in [6.45, 7) is 3.40. The minimum atomic E-state index is -0.246. The number of carbonyl (C=O) groups is 1. The van der Waals surface area contributed by atoms with Gasteiger partial charge in [0.25, 0.3) is 5.56 Å². The Bertz CT molecular complexity index is 847. The van der Waals surface area contributed by atoms with Crippen LogP contribution in [0, 0.1) is 6.92 Å². The molecule has 1 fully saturated rings. The fourth-order valence-electron chi connectivity index (χ4n) is 3.66. The van der Waals surface area contributed by atoms with Gasteiger partial charge < -0.3 is 14.8 Å². The van der Waals surface area contributed by atoms with Crippen molar-refractivity contribution < 1.29 is 4.79 Å². The van der Waals surface area contributed by atoms with E-state index in [4.69, 9.17) is 0 Å². The van der Waals surface area contributed by atoms with Crippen LogP contribution >= 0.6 is 0 Å². The summed E-state index contributed by atoms with van der Waals surface area (Å²) in [4.78, 5) is 40.9. The molecule has 2 aromatic heterocycles. The Hall–Kier alpha value is -2.54. The molecule has 1 atom stereocenters. The first-order valence-electron chi connectivity index (χ1n) is 9.40. The van der Waals surface area contributed by atoms with Gasteiger partial charge in [0, 0.05) is 48.3 Å². The van der Waals surface area contributed by atoms with Crippen molar-refractivity contribution in [2.75, 3.05) is 27.2 Å². The number of amides is 1. The van der Waals surface area contributed by atoms with E-state index in [1.54, 1.807) is 31.5 Å². The van der Waals surface area contributed by atoms with Crippen molar-refractivity contribution in [2.45, 2.75) is 38.6 Å². The van der Waals surface area contributed by atoms with Crippen LogP contribution in [0.25, 0.3) is 11.4 Å². The summed E-state index contributed by atoms with van der Waals surface area (Å²) >= 11 is 0. The van der Waals surface area contributed by atoms with E-state index in [2.05, 4.69) is 19.9 Å². The number of aromatic nitrogens is 3. The maximum Gasteiger partial charge on any atom is 0.255 e. The van der Waals surface area contributed by atoms with Crippen molar-refractivity contribution in [3.05, 3.63) is 46.1 Å². The number of carbonyl (C=O) groups excluding carboxylic acids is 1. The SMILES string of the molecule is Cc1nc(-c2ccncc2)[nH]c(=O)c1CC(=O)N1CCCCC1CN(C)C. The average molecular weight is 369 g/mol. The zero-order valence-electron chi connectivity index (χ0n) is 16.2. The average Bonchev–Trinajstić information content (AvgIpc) is 2.65. The molecule has 0 aromatic carbocycles. The fraction of sp³-hybridized carbons (Fsp3) is 0.500. The number of nitrogens with one attached hydrogen (secondary N) is 1. The zero-order chi connectivity index (χ0) is 19.4. The largest absolute Gasteiger partial charge is 0.338 e. The van der Waals surface area contributed by atoms with Gasteiger partial charge in [0.2, 0.25) is 5.91 Å². The molecule has 1 aliphatic rings. The van der Waals surface area contributed by atoms with Crippen LogP contribution in [0.4, 0.5) is 0 Å². The third kappa shape index (κ3) is 4.60. The van der Waals surface area contributed by atoms with E-state index in [9.17, 15) is 9.59 Å². The normalized spacial score (nSPS) is 17.3. The van der Waals surface area contributed by atoms with Gasteiger partial charge in [-0.25, -0.2) is 4.98 Å². The van der Waals surface area contributed by atoms with Crippen LogP contribution in [0.15, 0.2) is 29.3 Å². The molecule has 7 heteroatoms. The number of aromatic amines is 1. The van der Waals surface area contributed by atoms with Crippen molar-refractivity contribution in [1.82, 2.24) is 24.8 Å². The van der Waals surface area contributed by atoms with Crippen LogP contribution in [0.2, 0.25) is 0 Å². The van der Waals surface area contributed by atoms with E-state index < -0.39 is 0 Å². The Morgan fingerprint density at radius 3 is 2.70 bits per heavy atom. The molecule has 1 unspecified atom stereocenters. The lowest BCUT2D eigenvalue weighted by atomic mass is 10.00. The third-order valence-electron chi connectivity index (χ3n) is 5.03. The van der Waals surface area contributed by atoms with E-state index in [1.807, 2.05) is 19.0 Å². The van der Waals surface area contributed by atoms with E-state index in [0.29, 0.717) is 17.1 Å². The summed E-state index contributed by atoms with van der Waals surface area (Å²) in [5.74, 6) is 0.508. The summed E-state index contributed by atoms with van der Waals surface area (Å²) in [5, 5.41) is 0. The number of hydrogen-bond donors (Lipinski definition) is 1. The highest BCUT2D eigenvalue weighted by atomic mass is 16.2. The molecule has 27 heavy (non-hydrogen) atoms. The van der Waals surface area contributed by atoms with Gasteiger partial charge in [-0.1, -0.05) is 0 Å². The summed E-state index contributed by atoms with van der Waals surface area (Å²) in [5.41, 5.74) is 1.60.